The number of halogens is 1. The van der Waals surface area contributed by atoms with E-state index >= 15 is 0 Å². The van der Waals surface area contributed by atoms with Gasteiger partial charge in [0, 0.05) is 6.07 Å². The molecule has 0 aliphatic rings. The lowest BCUT2D eigenvalue weighted by atomic mass is 10.2. The van der Waals surface area contributed by atoms with Crippen molar-refractivity contribution in [2.45, 2.75) is 0 Å². The average molecular weight is 166 g/mol. The van der Waals surface area contributed by atoms with E-state index in [1.807, 2.05) is 0 Å². The predicted octanol–water partition coefficient (Wildman–Crippen LogP) is 1.74. The molecule has 0 spiro atoms. The van der Waals surface area contributed by atoms with Gasteiger partial charge in [-0.2, -0.15) is 0 Å². The summed E-state index contributed by atoms with van der Waals surface area (Å²) >= 11 is 0. The van der Waals surface area contributed by atoms with Crippen LogP contribution in [0.2, 0.25) is 0 Å². The van der Waals surface area contributed by atoms with Crippen LogP contribution in [0.25, 0.3) is 6.08 Å². The van der Waals surface area contributed by atoms with Gasteiger partial charge < -0.3 is 5.11 Å². The van der Waals surface area contributed by atoms with Crippen LogP contribution >= 0.6 is 0 Å². The molecule has 0 aliphatic carbocycles. The molecule has 1 aromatic carbocycles. The fraction of sp³-hybridized carbons (Fsp3) is 0. The van der Waals surface area contributed by atoms with Gasteiger partial charge in [-0.15, -0.1) is 0 Å². The summed E-state index contributed by atoms with van der Waals surface area (Å²) in [6, 6.07) is 3.58. The van der Waals surface area contributed by atoms with Crippen LogP contribution < -0.4 is 0 Å². The van der Waals surface area contributed by atoms with Crippen molar-refractivity contribution >= 4 is 12.4 Å². The molecule has 2 nitrogen and oxygen atoms in total. The first-order valence-electron chi connectivity index (χ1n) is 3.34. The molecule has 1 aromatic rings. The number of phenolic OH excluding ortho intramolecular Hbond substituents is 1. The number of rotatable bonds is 2. The predicted molar refractivity (Wildman–Crippen MR) is 43.2 cm³/mol. The third kappa shape index (κ3) is 2.20. The molecule has 0 saturated carbocycles. The number of allylic oxidation sites excluding steroid dienone is 1. The topological polar surface area (TPSA) is 37.3 Å². The van der Waals surface area contributed by atoms with Gasteiger partial charge >= 0.3 is 0 Å². The van der Waals surface area contributed by atoms with Gasteiger partial charge in [0.25, 0.3) is 0 Å². The standard InChI is InChI=1S/C9H7FO2/c10-8-4-7(2-1-3-11)5-9(12)6-8/h1-6,12H/b2-1+. The molecule has 0 atom stereocenters. The van der Waals surface area contributed by atoms with Crippen molar-refractivity contribution in [1.82, 2.24) is 0 Å². The highest BCUT2D eigenvalue weighted by Crippen LogP contribution is 2.15. The number of carbonyl (C=O) groups is 1. The lowest BCUT2D eigenvalue weighted by Crippen LogP contribution is -1.77. The van der Waals surface area contributed by atoms with Crippen LogP contribution in [0.15, 0.2) is 24.3 Å². The molecule has 1 N–H and O–H groups in total. The molecule has 0 fully saturated rings. The lowest BCUT2D eigenvalue weighted by Gasteiger charge is -1.95. The van der Waals surface area contributed by atoms with Crippen LogP contribution in [-0.4, -0.2) is 11.4 Å². The first-order chi connectivity index (χ1) is 5.72. The lowest BCUT2D eigenvalue weighted by molar-refractivity contribution is -0.104. The molecular weight excluding hydrogens is 159 g/mol. The monoisotopic (exact) mass is 166 g/mol. The minimum absolute atomic E-state index is 0.152. The van der Waals surface area contributed by atoms with E-state index in [0.29, 0.717) is 11.8 Å². The molecule has 0 bridgehead atoms. The Morgan fingerprint density at radius 1 is 1.33 bits per heavy atom. The molecule has 0 saturated heterocycles. The van der Waals surface area contributed by atoms with Crippen molar-refractivity contribution in [3.63, 3.8) is 0 Å². The van der Waals surface area contributed by atoms with Gasteiger partial charge in [-0.3, -0.25) is 4.79 Å². The van der Waals surface area contributed by atoms with E-state index in [2.05, 4.69) is 0 Å². The SMILES string of the molecule is O=C/C=C/c1cc(O)cc(F)c1. The maximum absolute atomic E-state index is 12.6. The molecule has 0 amide bonds. The fourth-order valence-corrected chi connectivity index (χ4v) is 0.843. The number of aldehydes is 1. The maximum Gasteiger partial charge on any atom is 0.142 e. The molecule has 0 aromatic heterocycles. The highest BCUT2D eigenvalue weighted by molar-refractivity contribution is 5.74. The van der Waals surface area contributed by atoms with E-state index in [1.165, 1.54) is 24.3 Å². The normalized spacial score (nSPS) is 10.4. The molecule has 12 heavy (non-hydrogen) atoms. The van der Waals surface area contributed by atoms with E-state index in [1.54, 1.807) is 0 Å². The Morgan fingerprint density at radius 2 is 2.08 bits per heavy atom. The second-order valence-corrected chi connectivity index (χ2v) is 2.24. The van der Waals surface area contributed by atoms with Crippen molar-refractivity contribution < 1.29 is 14.3 Å². The molecule has 1 rings (SSSR count). The number of aromatic hydroxyl groups is 1. The molecule has 0 radical (unpaired) electrons. The first kappa shape index (κ1) is 8.46. The summed E-state index contributed by atoms with van der Waals surface area (Å²) in [7, 11) is 0. The van der Waals surface area contributed by atoms with E-state index < -0.39 is 5.82 Å². The Hall–Kier alpha value is -1.64. The summed E-state index contributed by atoms with van der Waals surface area (Å²) < 4.78 is 12.6. The Balaban J connectivity index is 3.00. The van der Waals surface area contributed by atoms with Gasteiger partial charge in [0.15, 0.2) is 0 Å². The highest BCUT2D eigenvalue weighted by atomic mass is 19.1. The van der Waals surface area contributed by atoms with E-state index in [0.717, 1.165) is 6.07 Å². The second-order valence-electron chi connectivity index (χ2n) is 2.24. The average Bonchev–Trinajstić information content (AvgIpc) is 1.99. The van der Waals surface area contributed by atoms with Crippen LogP contribution in [0.5, 0.6) is 5.75 Å². The molecule has 0 heterocycles. The highest BCUT2D eigenvalue weighted by Gasteiger charge is 1.95. The van der Waals surface area contributed by atoms with Gasteiger partial charge in [-0.1, -0.05) is 6.08 Å². The second kappa shape index (κ2) is 3.67. The molecule has 0 unspecified atom stereocenters. The van der Waals surface area contributed by atoms with Gasteiger partial charge in [-0.25, -0.2) is 4.39 Å². The minimum atomic E-state index is -0.527. The van der Waals surface area contributed by atoms with E-state index in [4.69, 9.17) is 5.11 Å². The molecule has 0 aliphatic heterocycles. The van der Waals surface area contributed by atoms with Crippen LogP contribution in [0.4, 0.5) is 4.39 Å². The van der Waals surface area contributed by atoms with E-state index in [-0.39, 0.29) is 5.75 Å². The van der Waals surface area contributed by atoms with E-state index in [9.17, 15) is 9.18 Å². The third-order valence-electron chi connectivity index (χ3n) is 1.27. The smallest absolute Gasteiger partial charge is 0.142 e. The van der Waals surface area contributed by atoms with Crippen LogP contribution in [0, 0.1) is 5.82 Å². The van der Waals surface area contributed by atoms with Crippen molar-refractivity contribution in [3.8, 4) is 5.75 Å². The largest absolute Gasteiger partial charge is 0.508 e. The minimum Gasteiger partial charge on any atom is -0.508 e. The summed E-state index contributed by atoms with van der Waals surface area (Å²) in [5, 5.41) is 8.93. The Morgan fingerprint density at radius 3 is 2.67 bits per heavy atom. The quantitative estimate of drug-likeness (QED) is 0.536. The van der Waals surface area contributed by atoms with Crippen LogP contribution in [0.1, 0.15) is 5.56 Å². The van der Waals surface area contributed by atoms with Gasteiger partial charge in [0.05, 0.1) is 0 Å². The molecule has 3 heteroatoms. The van der Waals surface area contributed by atoms with Crippen LogP contribution in [-0.2, 0) is 4.79 Å². The summed E-state index contributed by atoms with van der Waals surface area (Å²) in [5.41, 5.74) is 0.458. The summed E-state index contributed by atoms with van der Waals surface area (Å²) in [6.07, 6.45) is 3.23. The van der Waals surface area contributed by atoms with Crippen molar-refractivity contribution in [3.05, 3.63) is 35.7 Å². The number of carbonyl (C=O) groups excluding carboxylic acids is 1. The number of benzene rings is 1. The maximum atomic E-state index is 12.6. The van der Waals surface area contributed by atoms with Gasteiger partial charge in [0.1, 0.15) is 17.9 Å². The number of hydrogen-bond acceptors (Lipinski definition) is 2. The molecular formula is C9H7FO2. The van der Waals surface area contributed by atoms with Gasteiger partial charge in [0.2, 0.25) is 0 Å². The summed E-state index contributed by atoms with van der Waals surface area (Å²) in [4.78, 5) is 9.90. The zero-order valence-electron chi connectivity index (χ0n) is 6.20. The first-order valence-corrected chi connectivity index (χ1v) is 3.34. The summed E-state index contributed by atoms with van der Waals surface area (Å²) in [5.74, 6) is -0.680. The number of hydrogen-bond donors (Lipinski definition) is 1. The van der Waals surface area contributed by atoms with Crippen molar-refractivity contribution in [1.29, 1.82) is 0 Å². The zero-order chi connectivity index (χ0) is 8.97. The Labute approximate surface area is 69.0 Å². The van der Waals surface area contributed by atoms with Gasteiger partial charge in [-0.05, 0) is 23.8 Å². The Kier molecular flexibility index (Phi) is 2.58. The Bertz CT molecular complexity index is 298. The van der Waals surface area contributed by atoms with Crippen LogP contribution in [0.3, 0.4) is 0 Å². The third-order valence-corrected chi connectivity index (χ3v) is 1.27. The van der Waals surface area contributed by atoms with Crippen molar-refractivity contribution in [2.75, 3.05) is 0 Å². The zero-order valence-corrected chi connectivity index (χ0v) is 6.20. The number of phenols is 1. The fourth-order valence-electron chi connectivity index (χ4n) is 0.843. The van der Waals surface area contributed by atoms with Crippen molar-refractivity contribution in [2.24, 2.45) is 0 Å². The molecule has 62 valence electrons. The summed E-state index contributed by atoms with van der Waals surface area (Å²) in [6.45, 7) is 0.